The quantitative estimate of drug-likeness (QED) is 0.795. The van der Waals surface area contributed by atoms with E-state index in [0.29, 0.717) is 5.28 Å². The Morgan fingerprint density at radius 3 is 2.79 bits per heavy atom. The zero-order chi connectivity index (χ0) is 10.1. The van der Waals surface area contributed by atoms with Crippen molar-refractivity contribution in [2.24, 2.45) is 0 Å². The Kier molecular flexibility index (Phi) is 2.85. The van der Waals surface area contributed by atoms with Crippen molar-refractivity contribution in [2.45, 2.75) is 6.92 Å². The van der Waals surface area contributed by atoms with Gasteiger partial charge in [0.2, 0.25) is 5.28 Å². The molecule has 72 valence electrons. The van der Waals surface area contributed by atoms with Gasteiger partial charge in [0.25, 0.3) is 0 Å². The molecule has 0 aliphatic heterocycles. The molecule has 0 bridgehead atoms. The smallest absolute Gasteiger partial charge is 0.205 e. The standard InChI is InChI=1S/C9H6BrClN2S/c1-5-4-6(2-3-7(5)10)8-12-9(11)13-14-8/h2-4H,1H3. The van der Waals surface area contributed by atoms with Crippen LogP contribution in [0.3, 0.4) is 0 Å². The predicted octanol–water partition coefficient (Wildman–Crippen LogP) is 3.93. The summed E-state index contributed by atoms with van der Waals surface area (Å²) in [5, 5.41) is 1.16. The van der Waals surface area contributed by atoms with Crippen LogP contribution in [0.1, 0.15) is 5.56 Å². The molecule has 1 aromatic heterocycles. The molecule has 0 aliphatic rings. The third-order valence-electron chi connectivity index (χ3n) is 1.81. The molecule has 0 amide bonds. The Bertz CT molecular complexity index is 470. The van der Waals surface area contributed by atoms with Crippen LogP contribution in [-0.2, 0) is 0 Å². The highest BCUT2D eigenvalue weighted by molar-refractivity contribution is 9.10. The van der Waals surface area contributed by atoms with Crippen LogP contribution < -0.4 is 0 Å². The summed E-state index contributed by atoms with van der Waals surface area (Å²) >= 11 is 10.4. The molecule has 0 aliphatic carbocycles. The minimum atomic E-state index is 0.311. The van der Waals surface area contributed by atoms with Crippen LogP contribution in [0.25, 0.3) is 10.6 Å². The summed E-state index contributed by atoms with van der Waals surface area (Å²) < 4.78 is 5.02. The number of aromatic nitrogens is 2. The van der Waals surface area contributed by atoms with E-state index in [0.717, 1.165) is 15.0 Å². The molecule has 0 unspecified atom stereocenters. The van der Waals surface area contributed by atoms with Gasteiger partial charge in [-0.05, 0) is 47.8 Å². The molecular formula is C9H6BrClN2S. The van der Waals surface area contributed by atoms with Gasteiger partial charge in [-0.15, -0.1) is 0 Å². The molecule has 0 radical (unpaired) electrons. The Balaban J connectivity index is 2.47. The van der Waals surface area contributed by atoms with E-state index in [2.05, 4.69) is 31.4 Å². The van der Waals surface area contributed by atoms with Gasteiger partial charge in [-0.3, -0.25) is 0 Å². The molecule has 0 saturated carbocycles. The van der Waals surface area contributed by atoms with Crippen LogP contribution in [0.4, 0.5) is 0 Å². The minimum Gasteiger partial charge on any atom is -0.205 e. The predicted molar refractivity (Wildman–Crippen MR) is 62.8 cm³/mol. The van der Waals surface area contributed by atoms with Gasteiger partial charge in [0.15, 0.2) is 0 Å². The lowest BCUT2D eigenvalue weighted by Gasteiger charge is -1.99. The van der Waals surface area contributed by atoms with Crippen molar-refractivity contribution in [3.05, 3.63) is 33.5 Å². The van der Waals surface area contributed by atoms with Crippen LogP contribution in [0.15, 0.2) is 22.7 Å². The van der Waals surface area contributed by atoms with Gasteiger partial charge in [0.05, 0.1) is 0 Å². The van der Waals surface area contributed by atoms with Gasteiger partial charge < -0.3 is 0 Å². The zero-order valence-electron chi connectivity index (χ0n) is 7.29. The highest BCUT2D eigenvalue weighted by Crippen LogP contribution is 2.26. The molecular weight excluding hydrogens is 284 g/mol. The van der Waals surface area contributed by atoms with Crippen LogP contribution in [0, 0.1) is 6.92 Å². The summed E-state index contributed by atoms with van der Waals surface area (Å²) in [4.78, 5) is 4.11. The lowest BCUT2D eigenvalue weighted by molar-refractivity contribution is 1.32. The fraction of sp³-hybridized carbons (Fsp3) is 0.111. The van der Waals surface area contributed by atoms with Gasteiger partial charge in [-0.2, -0.15) is 4.37 Å². The van der Waals surface area contributed by atoms with Crippen LogP contribution in [0.2, 0.25) is 5.28 Å². The summed E-state index contributed by atoms with van der Waals surface area (Å²) in [6.07, 6.45) is 0. The normalized spacial score (nSPS) is 10.5. The van der Waals surface area contributed by atoms with Crippen LogP contribution >= 0.6 is 39.1 Å². The maximum absolute atomic E-state index is 5.66. The topological polar surface area (TPSA) is 25.8 Å². The first-order valence-electron chi connectivity index (χ1n) is 3.92. The SMILES string of the molecule is Cc1cc(-c2nc(Cl)ns2)ccc1Br. The van der Waals surface area contributed by atoms with E-state index in [1.54, 1.807) is 0 Å². The number of hydrogen-bond donors (Lipinski definition) is 0. The Labute approximate surface area is 99.2 Å². The largest absolute Gasteiger partial charge is 0.234 e. The molecule has 2 aromatic rings. The van der Waals surface area contributed by atoms with Gasteiger partial charge in [-0.25, -0.2) is 4.98 Å². The van der Waals surface area contributed by atoms with E-state index in [9.17, 15) is 0 Å². The third-order valence-corrected chi connectivity index (χ3v) is 3.73. The molecule has 0 saturated heterocycles. The number of halogens is 2. The summed E-state index contributed by atoms with van der Waals surface area (Å²) in [7, 11) is 0. The number of aryl methyl sites for hydroxylation is 1. The van der Waals surface area contributed by atoms with E-state index < -0.39 is 0 Å². The monoisotopic (exact) mass is 288 g/mol. The van der Waals surface area contributed by atoms with E-state index in [1.807, 2.05) is 19.1 Å². The lowest BCUT2D eigenvalue weighted by atomic mass is 10.1. The highest BCUT2D eigenvalue weighted by Gasteiger charge is 2.05. The van der Waals surface area contributed by atoms with Crippen molar-refractivity contribution in [2.75, 3.05) is 0 Å². The number of rotatable bonds is 1. The fourth-order valence-corrected chi connectivity index (χ4v) is 2.15. The van der Waals surface area contributed by atoms with Gasteiger partial charge >= 0.3 is 0 Å². The molecule has 2 rings (SSSR count). The Hall–Kier alpha value is -0.450. The second kappa shape index (κ2) is 3.96. The van der Waals surface area contributed by atoms with Gasteiger partial charge in [-0.1, -0.05) is 22.0 Å². The highest BCUT2D eigenvalue weighted by atomic mass is 79.9. The first kappa shape index (κ1) is 10.1. The lowest BCUT2D eigenvalue weighted by Crippen LogP contribution is -1.79. The van der Waals surface area contributed by atoms with Crippen molar-refractivity contribution in [3.8, 4) is 10.6 Å². The molecule has 5 heteroatoms. The summed E-state index contributed by atoms with van der Waals surface area (Å²) in [5.41, 5.74) is 2.23. The summed E-state index contributed by atoms with van der Waals surface area (Å²) in [6, 6.07) is 6.05. The maximum Gasteiger partial charge on any atom is 0.234 e. The van der Waals surface area contributed by atoms with E-state index >= 15 is 0 Å². The van der Waals surface area contributed by atoms with Crippen molar-refractivity contribution in [1.82, 2.24) is 9.36 Å². The van der Waals surface area contributed by atoms with Crippen molar-refractivity contribution < 1.29 is 0 Å². The maximum atomic E-state index is 5.66. The van der Waals surface area contributed by atoms with Crippen molar-refractivity contribution in [1.29, 1.82) is 0 Å². The Morgan fingerprint density at radius 2 is 2.21 bits per heavy atom. The summed E-state index contributed by atoms with van der Waals surface area (Å²) in [5.74, 6) is 0. The van der Waals surface area contributed by atoms with Crippen molar-refractivity contribution in [3.63, 3.8) is 0 Å². The average Bonchev–Trinajstić information content (AvgIpc) is 2.57. The van der Waals surface area contributed by atoms with E-state index in [-0.39, 0.29) is 0 Å². The molecule has 14 heavy (non-hydrogen) atoms. The second-order valence-corrected chi connectivity index (χ2v) is 4.78. The average molecular weight is 290 g/mol. The van der Waals surface area contributed by atoms with E-state index in [4.69, 9.17) is 11.6 Å². The van der Waals surface area contributed by atoms with Gasteiger partial charge in [0, 0.05) is 10.0 Å². The molecule has 0 atom stereocenters. The number of hydrogen-bond acceptors (Lipinski definition) is 3. The molecule has 1 heterocycles. The fourth-order valence-electron chi connectivity index (χ4n) is 1.10. The van der Waals surface area contributed by atoms with Gasteiger partial charge in [0.1, 0.15) is 5.01 Å². The minimum absolute atomic E-state index is 0.311. The first-order chi connectivity index (χ1) is 6.66. The van der Waals surface area contributed by atoms with Crippen molar-refractivity contribution >= 4 is 39.1 Å². The molecule has 0 spiro atoms. The molecule has 0 N–H and O–H groups in total. The molecule has 1 aromatic carbocycles. The van der Waals surface area contributed by atoms with Crippen LogP contribution in [0.5, 0.6) is 0 Å². The first-order valence-corrected chi connectivity index (χ1v) is 5.87. The molecule has 2 nitrogen and oxygen atoms in total. The number of nitrogens with zero attached hydrogens (tertiary/aromatic N) is 2. The Morgan fingerprint density at radius 1 is 1.43 bits per heavy atom. The third kappa shape index (κ3) is 1.97. The van der Waals surface area contributed by atoms with E-state index in [1.165, 1.54) is 17.1 Å². The number of benzene rings is 1. The second-order valence-electron chi connectivity index (χ2n) is 2.83. The zero-order valence-corrected chi connectivity index (χ0v) is 10.4. The summed E-state index contributed by atoms with van der Waals surface area (Å²) in [6.45, 7) is 2.04. The molecule has 0 fully saturated rings. The van der Waals surface area contributed by atoms with Crippen LogP contribution in [-0.4, -0.2) is 9.36 Å².